The summed E-state index contributed by atoms with van der Waals surface area (Å²) in [5.74, 6) is 0.823. The van der Waals surface area contributed by atoms with E-state index in [1.54, 1.807) is 18.5 Å². The Morgan fingerprint density at radius 2 is 1.85 bits per heavy atom. The smallest absolute Gasteiger partial charge is 0.338 e. The first kappa shape index (κ1) is 22.5. The van der Waals surface area contributed by atoms with Crippen molar-refractivity contribution in [2.24, 2.45) is 0 Å². The number of urea groups is 1. The summed E-state index contributed by atoms with van der Waals surface area (Å²) in [6.45, 7) is 5.73. The van der Waals surface area contributed by atoms with Gasteiger partial charge in [-0.25, -0.2) is 19.6 Å². The number of carbonyl (C=O) groups excluding carboxylic acids is 2. The number of rotatable bonds is 7. The molecule has 2 aromatic rings. The zero-order valence-corrected chi connectivity index (χ0v) is 18.8. The monoisotopic (exact) mass is 452 g/mol. The predicted molar refractivity (Wildman–Crippen MR) is 122 cm³/mol. The number of benzene rings is 1. The van der Waals surface area contributed by atoms with Crippen LogP contribution in [-0.2, 0) is 9.53 Å². The lowest BCUT2D eigenvalue weighted by Gasteiger charge is -2.37. The molecule has 1 aromatic heterocycles. The van der Waals surface area contributed by atoms with Crippen molar-refractivity contribution in [2.75, 3.05) is 51.3 Å². The number of nitrogens with one attached hydrogen (secondary N) is 2. The summed E-state index contributed by atoms with van der Waals surface area (Å²) in [7, 11) is 1.34. The molecule has 0 unspecified atom stereocenters. The number of hydrogen-bond donors (Lipinski definition) is 2. The number of carbonyl (C=O) groups is 2. The number of esters is 1. The van der Waals surface area contributed by atoms with Crippen LogP contribution in [0.1, 0.15) is 18.5 Å². The van der Waals surface area contributed by atoms with Gasteiger partial charge in [0.25, 0.3) is 0 Å². The van der Waals surface area contributed by atoms with Gasteiger partial charge in [-0.3, -0.25) is 4.90 Å². The minimum atomic E-state index is -0.678. The summed E-state index contributed by atoms with van der Waals surface area (Å²) >= 11 is 0. The number of para-hydroxylation sites is 1. The molecule has 2 amide bonds. The van der Waals surface area contributed by atoms with Gasteiger partial charge in [-0.2, -0.15) is 0 Å². The van der Waals surface area contributed by atoms with E-state index in [4.69, 9.17) is 9.47 Å². The van der Waals surface area contributed by atoms with Crippen molar-refractivity contribution >= 4 is 17.9 Å². The van der Waals surface area contributed by atoms with Crippen molar-refractivity contribution in [1.82, 2.24) is 25.5 Å². The number of nitrogens with zero attached hydrogens (tertiary/aromatic N) is 4. The first-order valence-electron chi connectivity index (χ1n) is 11.0. The van der Waals surface area contributed by atoms with E-state index in [0.717, 1.165) is 26.2 Å². The molecule has 0 saturated carbocycles. The van der Waals surface area contributed by atoms with E-state index in [9.17, 15) is 9.59 Å². The third-order valence-corrected chi connectivity index (χ3v) is 5.68. The second-order valence-electron chi connectivity index (χ2n) is 7.70. The number of piperazine rings is 1. The third kappa shape index (κ3) is 5.06. The lowest BCUT2D eigenvalue weighted by atomic mass is 9.94. The average molecular weight is 453 g/mol. The van der Waals surface area contributed by atoms with Crippen LogP contribution in [0.2, 0.25) is 0 Å². The number of methoxy groups -OCH3 is 1. The van der Waals surface area contributed by atoms with Crippen LogP contribution >= 0.6 is 0 Å². The number of amides is 2. The summed E-state index contributed by atoms with van der Waals surface area (Å²) in [5, 5.41) is 5.69. The molecule has 2 aliphatic rings. The predicted octanol–water partition coefficient (Wildman–Crippen LogP) is 1.48. The second kappa shape index (κ2) is 10.3. The molecule has 1 saturated heterocycles. The maximum absolute atomic E-state index is 12.9. The second-order valence-corrected chi connectivity index (χ2v) is 7.70. The Morgan fingerprint density at radius 3 is 2.55 bits per heavy atom. The number of ether oxygens (including phenoxy) is 2. The average Bonchev–Trinajstić information content (AvgIpc) is 2.85. The molecule has 0 aliphatic carbocycles. The largest absolute Gasteiger partial charge is 0.494 e. The van der Waals surface area contributed by atoms with Crippen molar-refractivity contribution in [3.8, 4) is 5.75 Å². The molecule has 10 heteroatoms. The Hall–Kier alpha value is -3.66. The molecule has 33 heavy (non-hydrogen) atoms. The maximum Gasteiger partial charge on any atom is 0.338 e. The zero-order chi connectivity index (χ0) is 23.2. The maximum atomic E-state index is 12.9. The third-order valence-electron chi connectivity index (χ3n) is 5.68. The Labute approximate surface area is 192 Å². The highest BCUT2D eigenvalue weighted by atomic mass is 16.5. The molecule has 2 aliphatic heterocycles. The Bertz CT molecular complexity index is 1020. The first-order valence-corrected chi connectivity index (χ1v) is 11.0. The Kier molecular flexibility index (Phi) is 7.04. The minimum Gasteiger partial charge on any atom is -0.494 e. The van der Waals surface area contributed by atoms with Crippen molar-refractivity contribution < 1.29 is 19.1 Å². The molecule has 1 fully saturated rings. The van der Waals surface area contributed by atoms with Gasteiger partial charge >= 0.3 is 12.0 Å². The van der Waals surface area contributed by atoms with Gasteiger partial charge in [-0.1, -0.05) is 18.2 Å². The molecule has 3 heterocycles. The topological polar surface area (TPSA) is 109 Å². The van der Waals surface area contributed by atoms with Crippen molar-refractivity contribution in [3.63, 3.8) is 0 Å². The highest BCUT2D eigenvalue weighted by Crippen LogP contribution is 2.33. The van der Waals surface area contributed by atoms with Gasteiger partial charge in [-0.05, 0) is 19.1 Å². The van der Waals surface area contributed by atoms with E-state index in [1.807, 2.05) is 31.2 Å². The number of anilines is 1. The number of hydrogen-bond acceptors (Lipinski definition) is 8. The summed E-state index contributed by atoms with van der Waals surface area (Å²) in [6, 6.07) is 8.13. The molecule has 0 spiro atoms. The van der Waals surface area contributed by atoms with Crippen molar-refractivity contribution in [1.29, 1.82) is 0 Å². The number of aromatic nitrogens is 2. The summed E-state index contributed by atoms with van der Waals surface area (Å²) in [4.78, 5) is 38.4. The van der Waals surface area contributed by atoms with Crippen LogP contribution in [0.3, 0.4) is 0 Å². The highest BCUT2D eigenvalue weighted by molar-refractivity contribution is 5.95. The van der Waals surface area contributed by atoms with Crippen LogP contribution in [0.15, 0.2) is 54.0 Å². The van der Waals surface area contributed by atoms with Gasteiger partial charge in [0, 0.05) is 56.4 Å². The van der Waals surface area contributed by atoms with Crippen LogP contribution in [0, 0.1) is 0 Å². The van der Waals surface area contributed by atoms with Gasteiger partial charge in [0.2, 0.25) is 5.95 Å². The quantitative estimate of drug-likeness (QED) is 0.608. The minimum absolute atomic E-state index is 0.370. The zero-order valence-electron chi connectivity index (χ0n) is 18.8. The fraction of sp³-hybridized carbons (Fsp3) is 0.391. The van der Waals surface area contributed by atoms with Gasteiger partial charge < -0.3 is 25.0 Å². The van der Waals surface area contributed by atoms with E-state index in [0.29, 0.717) is 41.7 Å². The lowest BCUT2D eigenvalue weighted by Crippen LogP contribution is -2.52. The van der Waals surface area contributed by atoms with Crippen LogP contribution in [-0.4, -0.2) is 73.3 Å². The van der Waals surface area contributed by atoms with Gasteiger partial charge in [0.1, 0.15) is 5.75 Å². The Balaban J connectivity index is 1.58. The van der Waals surface area contributed by atoms with Crippen molar-refractivity contribution in [2.45, 2.75) is 13.0 Å². The van der Waals surface area contributed by atoms with Gasteiger partial charge in [0.05, 0.1) is 25.3 Å². The molecule has 0 radical (unpaired) electrons. The molecular formula is C23H28N6O4. The van der Waals surface area contributed by atoms with E-state index >= 15 is 0 Å². The molecule has 10 nitrogen and oxygen atoms in total. The van der Waals surface area contributed by atoms with E-state index in [-0.39, 0.29) is 6.03 Å². The van der Waals surface area contributed by atoms with Gasteiger partial charge in [-0.15, -0.1) is 0 Å². The molecule has 0 bridgehead atoms. The molecule has 1 aromatic carbocycles. The van der Waals surface area contributed by atoms with E-state index in [1.165, 1.54) is 7.11 Å². The fourth-order valence-electron chi connectivity index (χ4n) is 4.12. The molecule has 2 N–H and O–H groups in total. The van der Waals surface area contributed by atoms with Crippen molar-refractivity contribution in [3.05, 3.63) is 59.6 Å². The summed E-state index contributed by atoms with van der Waals surface area (Å²) < 4.78 is 10.9. The normalized spacial score (nSPS) is 19.0. The van der Waals surface area contributed by atoms with E-state index in [2.05, 4.69) is 30.4 Å². The summed E-state index contributed by atoms with van der Waals surface area (Å²) in [6.07, 6.45) is 3.46. The SMILES string of the molecule is CCOc1ccccc1[C@@H]1NC(=O)NC(CN2CCN(c3ncccn3)CC2)=C1C(=O)OC. The Morgan fingerprint density at radius 1 is 1.12 bits per heavy atom. The van der Waals surface area contributed by atoms with Crippen LogP contribution < -0.4 is 20.3 Å². The lowest BCUT2D eigenvalue weighted by molar-refractivity contribution is -0.136. The summed E-state index contributed by atoms with van der Waals surface area (Å²) in [5.41, 5.74) is 1.61. The highest BCUT2D eigenvalue weighted by Gasteiger charge is 2.36. The standard InChI is InChI=1S/C23H28N6O4/c1-3-33-18-8-5-4-7-16(18)20-19(21(30)32-2)17(26-23(31)27-20)15-28-11-13-29(14-12-28)22-24-9-6-10-25-22/h4-10,20H,3,11-15H2,1-2H3,(H2,26,27,31)/t20-/m0/s1. The van der Waals surface area contributed by atoms with E-state index < -0.39 is 12.0 Å². The first-order chi connectivity index (χ1) is 16.1. The van der Waals surface area contributed by atoms with Gasteiger partial charge in [0.15, 0.2) is 0 Å². The molecule has 1 atom stereocenters. The molecule has 4 rings (SSSR count). The van der Waals surface area contributed by atoms with Crippen LogP contribution in [0.5, 0.6) is 5.75 Å². The fourth-order valence-corrected chi connectivity index (χ4v) is 4.12. The van der Waals surface area contributed by atoms with Crippen LogP contribution in [0.4, 0.5) is 10.7 Å². The van der Waals surface area contributed by atoms with Crippen LogP contribution in [0.25, 0.3) is 0 Å². The molecular weight excluding hydrogens is 424 g/mol. The molecule has 174 valence electrons.